The minimum Gasteiger partial charge on any atom is -0.478 e. The maximum Gasteiger partial charge on any atom is 0.335 e. The van der Waals surface area contributed by atoms with Crippen LogP contribution < -0.4 is 4.74 Å². The van der Waals surface area contributed by atoms with Gasteiger partial charge in [-0.15, -0.1) is 0 Å². The van der Waals surface area contributed by atoms with Gasteiger partial charge in [0.1, 0.15) is 6.61 Å². The summed E-state index contributed by atoms with van der Waals surface area (Å²) in [4.78, 5) is 15.4. The van der Waals surface area contributed by atoms with Gasteiger partial charge in [0.25, 0.3) is 0 Å². The zero-order valence-electron chi connectivity index (χ0n) is 14.3. The van der Waals surface area contributed by atoms with E-state index in [1.165, 1.54) is 23.0 Å². The molecule has 2 N–H and O–H groups in total. The lowest BCUT2D eigenvalue weighted by Gasteiger charge is -2.11. The number of hydrogen-bond donors (Lipinski definition) is 2. The van der Waals surface area contributed by atoms with Crippen LogP contribution in [-0.2, 0) is 13.0 Å². The second-order valence-electron chi connectivity index (χ2n) is 5.84. The van der Waals surface area contributed by atoms with Gasteiger partial charge in [-0.25, -0.2) is 9.78 Å². The van der Waals surface area contributed by atoms with Crippen LogP contribution in [0.4, 0.5) is 0 Å². The summed E-state index contributed by atoms with van der Waals surface area (Å²) in [5, 5.41) is 22.7. The molecular formula is C19H19N3O4. The van der Waals surface area contributed by atoms with Gasteiger partial charge in [-0.05, 0) is 24.6 Å². The zero-order valence-corrected chi connectivity index (χ0v) is 14.3. The molecule has 0 amide bonds. The summed E-state index contributed by atoms with van der Waals surface area (Å²) in [5.41, 5.74) is 2.99. The Bertz CT molecular complexity index is 903. The third-order valence-corrected chi connectivity index (χ3v) is 3.88. The van der Waals surface area contributed by atoms with Crippen LogP contribution in [0.2, 0.25) is 0 Å². The van der Waals surface area contributed by atoms with E-state index in [0.29, 0.717) is 24.7 Å². The number of benzene rings is 1. The quantitative estimate of drug-likeness (QED) is 0.677. The van der Waals surface area contributed by atoms with Crippen LogP contribution >= 0.6 is 0 Å². The standard InChI is InChI=1S/C19H19N3O4/c1-13-2-4-14(5-3-13)12-26-18-16(7-9-23)11-21-22(18)17-10-15(19(24)25)6-8-20-17/h2-6,8,10-11,23H,7,9,12H2,1H3,(H,24,25). The van der Waals surface area contributed by atoms with Crippen molar-refractivity contribution in [1.29, 1.82) is 0 Å². The van der Waals surface area contributed by atoms with Crippen molar-refractivity contribution in [3.05, 3.63) is 71.0 Å². The highest BCUT2D eigenvalue weighted by Gasteiger charge is 2.16. The van der Waals surface area contributed by atoms with Gasteiger partial charge in [0.15, 0.2) is 5.82 Å². The van der Waals surface area contributed by atoms with E-state index in [0.717, 1.165) is 16.7 Å². The van der Waals surface area contributed by atoms with E-state index < -0.39 is 5.97 Å². The second-order valence-corrected chi connectivity index (χ2v) is 5.84. The number of aromatic nitrogens is 3. The van der Waals surface area contributed by atoms with E-state index in [2.05, 4.69) is 10.1 Å². The van der Waals surface area contributed by atoms with Gasteiger partial charge in [0.05, 0.1) is 11.8 Å². The van der Waals surface area contributed by atoms with Crippen molar-refractivity contribution in [3.63, 3.8) is 0 Å². The van der Waals surface area contributed by atoms with Crippen LogP contribution in [0, 0.1) is 6.92 Å². The predicted molar refractivity (Wildman–Crippen MR) is 94.6 cm³/mol. The molecule has 2 heterocycles. The number of rotatable bonds is 7. The van der Waals surface area contributed by atoms with Crippen molar-refractivity contribution in [3.8, 4) is 11.7 Å². The number of nitrogens with zero attached hydrogens (tertiary/aromatic N) is 3. The van der Waals surface area contributed by atoms with Crippen LogP contribution in [0.15, 0.2) is 48.8 Å². The highest BCUT2D eigenvalue weighted by Crippen LogP contribution is 2.24. The van der Waals surface area contributed by atoms with Gasteiger partial charge in [-0.3, -0.25) is 0 Å². The maximum atomic E-state index is 11.2. The van der Waals surface area contributed by atoms with Crippen molar-refractivity contribution in [1.82, 2.24) is 14.8 Å². The highest BCUT2D eigenvalue weighted by atomic mass is 16.5. The average molecular weight is 353 g/mol. The Morgan fingerprint density at radius 2 is 2.00 bits per heavy atom. The third kappa shape index (κ3) is 3.89. The molecule has 26 heavy (non-hydrogen) atoms. The lowest BCUT2D eigenvalue weighted by atomic mass is 10.2. The van der Waals surface area contributed by atoms with Crippen molar-refractivity contribution >= 4 is 5.97 Å². The Morgan fingerprint density at radius 3 is 2.69 bits per heavy atom. The number of aromatic carboxylic acids is 1. The van der Waals surface area contributed by atoms with Crippen molar-refractivity contribution in [2.45, 2.75) is 20.0 Å². The fourth-order valence-corrected chi connectivity index (χ4v) is 2.48. The number of aliphatic hydroxyl groups is 1. The molecule has 0 spiro atoms. The SMILES string of the molecule is Cc1ccc(COc2c(CCO)cnn2-c2cc(C(=O)O)ccn2)cc1. The summed E-state index contributed by atoms with van der Waals surface area (Å²) in [6.07, 6.45) is 3.38. The van der Waals surface area contributed by atoms with E-state index in [9.17, 15) is 9.90 Å². The molecular weight excluding hydrogens is 334 g/mol. The molecule has 0 unspecified atom stereocenters. The Morgan fingerprint density at radius 1 is 1.23 bits per heavy atom. The first-order valence-electron chi connectivity index (χ1n) is 8.14. The molecule has 2 aromatic heterocycles. The molecule has 0 saturated heterocycles. The van der Waals surface area contributed by atoms with Crippen LogP contribution in [0.5, 0.6) is 5.88 Å². The third-order valence-electron chi connectivity index (χ3n) is 3.88. The number of hydrogen-bond acceptors (Lipinski definition) is 5. The monoisotopic (exact) mass is 353 g/mol. The average Bonchev–Trinajstić information content (AvgIpc) is 3.04. The highest BCUT2D eigenvalue weighted by molar-refractivity contribution is 5.87. The number of carbonyl (C=O) groups is 1. The molecule has 0 aliphatic heterocycles. The Balaban J connectivity index is 1.92. The van der Waals surface area contributed by atoms with Crippen molar-refractivity contribution in [2.75, 3.05) is 6.61 Å². The summed E-state index contributed by atoms with van der Waals surface area (Å²) in [7, 11) is 0. The Kier molecular flexibility index (Phi) is 5.28. The Hall–Kier alpha value is -3.19. The second kappa shape index (κ2) is 7.79. The lowest BCUT2D eigenvalue weighted by Crippen LogP contribution is -2.08. The van der Waals surface area contributed by atoms with Gasteiger partial charge < -0.3 is 14.9 Å². The first-order chi connectivity index (χ1) is 12.6. The fraction of sp³-hybridized carbons (Fsp3) is 0.211. The number of ether oxygens (including phenoxy) is 1. The zero-order chi connectivity index (χ0) is 18.5. The smallest absolute Gasteiger partial charge is 0.335 e. The molecule has 0 atom stereocenters. The topological polar surface area (TPSA) is 97.5 Å². The van der Waals surface area contributed by atoms with Crippen molar-refractivity contribution < 1.29 is 19.7 Å². The van der Waals surface area contributed by atoms with Gasteiger partial charge in [-0.1, -0.05) is 29.8 Å². The molecule has 0 saturated carbocycles. The summed E-state index contributed by atoms with van der Waals surface area (Å²) in [6, 6.07) is 10.8. The molecule has 134 valence electrons. The molecule has 0 fully saturated rings. The number of pyridine rings is 1. The molecule has 7 nitrogen and oxygen atoms in total. The summed E-state index contributed by atoms with van der Waals surface area (Å²) >= 11 is 0. The fourth-order valence-electron chi connectivity index (χ4n) is 2.48. The predicted octanol–water partition coefficient (Wildman–Crippen LogP) is 2.39. The van der Waals surface area contributed by atoms with Crippen molar-refractivity contribution in [2.24, 2.45) is 0 Å². The molecule has 1 aromatic carbocycles. The van der Waals surface area contributed by atoms with Crippen LogP contribution in [0.3, 0.4) is 0 Å². The molecule has 3 aromatic rings. The van der Waals surface area contributed by atoms with Gasteiger partial charge in [-0.2, -0.15) is 9.78 Å². The van der Waals surface area contributed by atoms with E-state index in [4.69, 9.17) is 9.84 Å². The molecule has 3 rings (SSSR count). The Labute approximate surface area is 150 Å². The van der Waals surface area contributed by atoms with Gasteiger partial charge in [0, 0.05) is 24.8 Å². The van der Waals surface area contributed by atoms with Gasteiger partial charge in [0.2, 0.25) is 5.88 Å². The van der Waals surface area contributed by atoms with Crippen LogP contribution in [-0.4, -0.2) is 37.6 Å². The molecule has 0 radical (unpaired) electrons. The van der Waals surface area contributed by atoms with E-state index in [1.807, 2.05) is 31.2 Å². The first kappa shape index (κ1) is 17.6. The van der Waals surface area contributed by atoms with Crippen LogP contribution in [0.1, 0.15) is 27.0 Å². The van der Waals surface area contributed by atoms with Gasteiger partial charge >= 0.3 is 5.97 Å². The number of aliphatic hydroxyl groups excluding tert-OH is 1. The molecule has 0 bridgehead atoms. The summed E-state index contributed by atoms with van der Waals surface area (Å²) < 4.78 is 7.39. The largest absolute Gasteiger partial charge is 0.478 e. The normalized spacial score (nSPS) is 10.7. The molecule has 0 aliphatic rings. The number of carboxylic acid groups (broad SMARTS) is 1. The minimum atomic E-state index is -1.04. The lowest BCUT2D eigenvalue weighted by molar-refractivity contribution is 0.0696. The number of carboxylic acids is 1. The molecule has 0 aliphatic carbocycles. The van der Waals surface area contributed by atoms with E-state index in [1.54, 1.807) is 6.20 Å². The summed E-state index contributed by atoms with van der Waals surface area (Å²) in [6.45, 7) is 2.29. The summed E-state index contributed by atoms with van der Waals surface area (Å²) in [5.74, 6) is -0.263. The molecule has 7 heteroatoms. The number of aryl methyl sites for hydroxylation is 1. The minimum absolute atomic E-state index is 0.0464. The van der Waals surface area contributed by atoms with E-state index in [-0.39, 0.29) is 12.2 Å². The first-order valence-corrected chi connectivity index (χ1v) is 8.14. The van der Waals surface area contributed by atoms with E-state index >= 15 is 0 Å². The maximum absolute atomic E-state index is 11.2. The van der Waals surface area contributed by atoms with Crippen LogP contribution in [0.25, 0.3) is 5.82 Å².